The number of fused-ring (bicyclic) bond motifs is 1. The first-order valence-electron chi connectivity index (χ1n) is 5.13. The Balaban J connectivity index is 2.08. The molecule has 1 N–H and O–H groups in total. The van der Waals surface area contributed by atoms with Crippen molar-refractivity contribution in [3.05, 3.63) is 48.0 Å². The van der Waals surface area contributed by atoms with Gasteiger partial charge in [0, 0.05) is 0 Å². The molecule has 80 valence electrons. The van der Waals surface area contributed by atoms with E-state index in [9.17, 15) is 4.79 Å². The van der Waals surface area contributed by atoms with E-state index >= 15 is 0 Å². The van der Waals surface area contributed by atoms with Gasteiger partial charge >= 0.3 is 5.97 Å². The molecule has 3 nitrogen and oxygen atoms in total. The van der Waals surface area contributed by atoms with Gasteiger partial charge in [-0.1, -0.05) is 42.5 Å². The molecule has 1 aliphatic heterocycles. The molecule has 3 rings (SSSR count). The van der Waals surface area contributed by atoms with Crippen molar-refractivity contribution in [2.45, 2.75) is 12.2 Å². The van der Waals surface area contributed by atoms with Crippen LogP contribution in [0.25, 0.3) is 10.8 Å². The molecule has 1 aliphatic rings. The van der Waals surface area contributed by atoms with Gasteiger partial charge in [-0.15, -0.1) is 0 Å². The minimum atomic E-state index is -0.891. The Hall–Kier alpha value is -1.87. The average molecular weight is 214 g/mol. The van der Waals surface area contributed by atoms with Gasteiger partial charge in [0.25, 0.3) is 0 Å². The van der Waals surface area contributed by atoms with E-state index in [2.05, 4.69) is 0 Å². The second kappa shape index (κ2) is 3.32. The number of epoxide rings is 1. The van der Waals surface area contributed by atoms with Crippen LogP contribution in [0.5, 0.6) is 0 Å². The van der Waals surface area contributed by atoms with Crippen molar-refractivity contribution >= 4 is 16.7 Å². The zero-order valence-corrected chi connectivity index (χ0v) is 8.46. The fourth-order valence-electron chi connectivity index (χ4n) is 2.04. The molecule has 2 aromatic rings. The molecule has 1 saturated heterocycles. The first kappa shape index (κ1) is 9.36. The van der Waals surface area contributed by atoms with Gasteiger partial charge < -0.3 is 9.84 Å². The molecule has 0 amide bonds. The van der Waals surface area contributed by atoms with Gasteiger partial charge in [0.15, 0.2) is 6.10 Å². The van der Waals surface area contributed by atoms with Crippen molar-refractivity contribution in [1.29, 1.82) is 0 Å². The Bertz CT molecular complexity index is 557. The predicted molar refractivity (Wildman–Crippen MR) is 59.2 cm³/mol. The third-order valence-corrected chi connectivity index (χ3v) is 2.86. The van der Waals surface area contributed by atoms with Gasteiger partial charge in [-0.25, -0.2) is 4.79 Å². The lowest BCUT2D eigenvalue weighted by Crippen LogP contribution is -2.04. The Labute approximate surface area is 92.3 Å². The number of carbonyl (C=O) groups is 1. The SMILES string of the molecule is O=C(O)C1OC1c1cccc2ccccc12. The molecule has 0 aromatic heterocycles. The Morgan fingerprint density at radius 3 is 2.62 bits per heavy atom. The summed E-state index contributed by atoms with van der Waals surface area (Å²) < 4.78 is 5.17. The van der Waals surface area contributed by atoms with Gasteiger partial charge in [0.2, 0.25) is 0 Å². The zero-order valence-electron chi connectivity index (χ0n) is 8.46. The van der Waals surface area contributed by atoms with Crippen molar-refractivity contribution in [1.82, 2.24) is 0 Å². The molecule has 1 heterocycles. The third-order valence-electron chi connectivity index (χ3n) is 2.86. The molecule has 0 bridgehead atoms. The lowest BCUT2D eigenvalue weighted by molar-refractivity contribution is -0.138. The van der Waals surface area contributed by atoms with Crippen LogP contribution >= 0.6 is 0 Å². The van der Waals surface area contributed by atoms with Crippen molar-refractivity contribution in [2.24, 2.45) is 0 Å². The minimum absolute atomic E-state index is 0.288. The van der Waals surface area contributed by atoms with Crippen LogP contribution in [0.15, 0.2) is 42.5 Å². The first-order chi connectivity index (χ1) is 7.77. The normalized spacial score (nSPS) is 23.2. The highest BCUT2D eigenvalue weighted by Gasteiger charge is 2.46. The van der Waals surface area contributed by atoms with Crippen LogP contribution < -0.4 is 0 Å². The molecular formula is C13H10O3. The summed E-state index contributed by atoms with van der Waals surface area (Å²) in [7, 11) is 0. The molecule has 2 aromatic carbocycles. The maximum absolute atomic E-state index is 10.8. The van der Waals surface area contributed by atoms with Crippen molar-refractivity contribution < 1.29 is 14.6 Å². The van der Waals surface area contributed by atoms with Crippen molar-refractivity contribution in [3.8, 4) is 0 Å². The standard InChI is InChI=1S/C13H10O3/c14-13(15)12-11(16-12)10-7-3-5-8-4-1-2-6-9(8)10/h1-7,11-12H,(H,14,15). The second-order valence-electron chi connectivity index (χ2n) is 3.88. The van der Waals surface area contributed by atoms with E-state index < -0.39 is 12.1 Å². The molecule has 0 radical (unpaired) electrons. The fourth-order valence-corrected chi connectivity index (χ4v) is 2.04. The van der Waals surface area contributed by atoms with Crippen LogP contribution in [-0.4, -0.2) is 17.2 Å². The molecule has 0 spiro atoms. The number of hydrogen-bond acceptors (Lipinski definition) is 2. The predicted octanol–water partition coefficient (Wildman–Crippen LogP) is 2.36. The Morgan fingerprint density at radius 2 is 1.88 bits per heavy atom. The number of aliphatic carboxylic acids is 1. The number of hydrogen-bond donors (Lipinski definition) is 1. The molecule has 1 fully saturated rings. The first-order valence-corrected chi connectivity index (χ1v) is 5.13. The quantitative estimate of drug-likeness (QED) is 0.781. The smallest absolute Gasteiger partial charge is 0.335 e. The van der Waals surface area contributed by atoms with Crippen molar-refractivity contribution in [2.75, 3.05) is 0 Å². The third kappa shape index (κ3) is 1.37. The summed E-state index contributed by atoms with van der Waals surface area (Å²) in [6.07, 6.45) is -0.964. The molecule has 2 atom stereocenters. The summed E-state index contributed by atoms with van der Waals surface area (Å²) >= 11 is 0. The minimum Gasteiger partial charge on any atom is -0.479 e. The summed E-state index contributed by atoms with van der Waals surface area (Å²) in [5.41, 5.74) is 0.963. The highest BCUT2D eigenvalue weighted by Crippen LogP contribution is 2.41. The van der Waals surface area contributed by atoms with Crippen LogP contribution in [0.1, 0.15) is 11.7 Å². The van der Waals surface area contributed by atoms with Gasteiger partial charge in [0.1, 0.15) is 6.10 Å². The molecule has 0 aliphatic carbocycles. The van der Waals surface area contributed by atoms with E-state index in [1.807, 2.05) is 42.5 Å². The molecule has 3 heteroatoms. The summed E-state index contributed by atoms with van der Waals surface area (Å²) in [5.74, 6) is -0.891. The topological polar surface area (TPSA) is 49.8 Å². The maximum atomic E-state index is 10.8. The van der Waals surface area contributed by atoms with Gasteiger partial charge in [-0.3, -0.25) is 0 Å². The highest BCUT2D eigenvalue weighted by atomic mass is 16.6. The van der Waals surface area contributed by atoms with Crippen LogP contribution in [0.4, 0.5) is 0 Å². The van der Waals surface area contributed by atoms with E-state index in [0.717, 1.165) is 16.3 Å². The van der Waals surface area contributed by atoms with Crippen LogP contribution in [0, 0.1) is 0 Å². The fraction of sp³-hybridized carbons (Fsp3) is 0.154. The number of benzene rings is 2. The number of ether oxygens (including phenoxy) is 1. The van der Waals surface area contributed by atoms with Crippen LogP contribution in [0.2, 0.25) is 0 Å². The van der Waals surface area contributed by atoms with Gasteiger partial charge in [0.05, 0.1) is 0 Å². The van der Waals surface area contributed by atoms with E-state index in [-0.39, 0.29) is 6.10 Å². The summed E-state index contributed by atoms with van der Waals surface area (Å²) in [4.78, 5) is 10.8. The number of carboxylic acids is 1. The summed E-state index contributed by atoms with van der Waals surface area (Å²) in [5, 5.41) is 11.0. The Morgan fingerprint density at radius 1 is 1.12 bits per heavy atom. The molecule has 0 saturated carbocycles. The van der Waals surface area contributed by atoms with E-state index in [4.69, 9.17) is 9.84 Å². The van der Waals surface area contributed by atoms with Gasteiger partial charge in [-0.2, -0.15) is 0 Å². The van der Waals surface area contributed by atoms with Crippen LogP contribution in [-0.2, 0) is 9.53 Å². The molecule has 2 unspecified atom stereocenters. The molecular weight excluding hydrogens is 204 g/mol. The van der Waals surface area contributed by atoms with Crippen molar-refractivity contribution in [3.63, 3.8) is 0 Å². The zero-order chi connectivity index (χ0) is 11.1. The second-order valence-corrected chi connectivity index (χ2v) is 3.88. The average Bonchev–Trinajstić information content (AvgIpc) is 3.08. The molecule has 16 heavy (non-hydrogen) atoms. The van der Waals surface area contributed by atoms with Gasteiger partial charge in [-0.05, 0) is 16.3 Å². The monoisotopic (exact) mass is 214 g/mol. The number of rotatable bonds is 2. The summed E-state index contributed by atoms with van der Waals surface area (Å²) in [6, 6.07) is 13.8. The maximum Gasteiger partial charge on any atom is 0.335 e. The number of carboxylic acid groups (broad SMARTS) is 1. The summed E-state index contributed by atoms with van der Waals surface area (Å²) in [6.45, 7) is 0. The highest BCUT2D eigenvalue weighted by molar-refractivity contribution is 5.88. The largest absolute Gasteiger partial charge is 0.479 e. The van der Waals surface area contributed by atoms with E-state index in [1.54, 1.807) is 0 Å². The van der Waals surface area contributed by atoms with E-state index in [0.29, 0.717) is 0 Å². The Kier molecular flexibility index (Phi) is 1.94. The van der Waals surface area contributed by atoms with E-state index in [1.165, 1.54) is 0 Å². The lowest BCUT2D eigenvalue weighted by atomic mass is 10.0. The lowest BCUT2D eigenvalue weighted by Gasteiger charge is -2.02. The van der Waals surface area contributed by atoms with Crippen LogP contribution in [0.3, 0.4) is 0 Å².